The monoisotopic (exact) mass is 77.1 g/mol. The van der Waals surface area contributed by atoms with E-state index >= 15 is 0 Å². The maximum atomic E-state index is 2.00. The van der Waals surface area contributed by atoms with Gasteiger partial charge in [-0.2, -0.15) is 0 Å². The van der Waals surface area contributed by atoms with E-state index in [2.05, 4.69) is 0 Å². The van der Waals surface area contributed by atoms with Gasteiger partial charge in [-0.1, -0.05) is 0 Å². The first kappa shape index (κ1) is 8.87. The van der Waals surface area contributed by atoms with Crippen LogP contribution in [0, 0.1) is 0 Å². The molecular weight excluding hydrogens is 66.0 g/mol. The number of hydrogen-bond donors (Lipinski definition) is 0. The molecule has 0 heterocycles. The van der Waals surface area contributed by atoms with E-state index < -0.39 is 0 Å². The molecule has 0 aliphatic rings. The summed E-state index contributed by atoms with van der Waals surface area (Å²) in [5.74, 6) is 0. The molecule has 0 aliphatic carbocycles. The highest BCUT2D eigenvalue weighted by Crippen LogP contribution is 1.47. The molecule has 0 unspecified atom stereocenters. The Hall–Kier alpha value is -0.0800. The first-order valence-electron chi connectivity index (χ1n) is 1.34. The summed E-state index contributed by atoms with van der Waals surface area (Å²) in [7, 11) is 6.00. The Bertz CT molecular complexity index is 11.6. The van der Waals surface area contributed by atoms with Crippen molar-refractivity contribution in [1.29, 1.82) is 0 Å². The molecule has 0 aromatic heterocycles. The van der Waals surface area contributed by atoms with Gasteiger partial charge in [0, 0.05) is 0 Å². The van der Waals surface area contributed by atoms with Crippen LogP contribution in [-0.4, -0.2) is 31.5 Å². The zero-order valence-electron chi connectivity index (χ0n) is 3.95. The van der Waals surface area contributed by atoms with E-state index in [0.717, 1.165) is 0 Å². The van der Waals surface area contributed by atoms with E-state index in [9.17, 15) is 0 Å². The van der Waals surface area contributed by atoms with E-state index in [4.69, 9.17) is 0 Å². The van der Waals surface area contributed by atoms with Crippen LogP contribution in [-0.2, 0) is 0 Å². The SMILES string of the molecule is CN(C)C.O. The van der Waals surface area contributed by atoms with Crippen molar-refractivity contribution in [1.82, 2.24) is 4.90 Å². The van der Waals surface area contributed by atoms with Crippen molar-refractivity contribution in [3.05, 3.63) is 0 Å². The lowest BCUT2D eigenvalue weighted by atomic mass is 11.0. The molecule has 0 spiro atoms. The van der Waals surface area contributed by atoms with Crippen LogP contribution >= 0.6 is 0 Å². The summed E-state index contributed by atoms with van der Waals surface area (Å²) in [6, 6.07) is 0. The second kappa shape index (κ2) is 3.92. The predicted molar refractivity (Wildman–Crippen MR) is 23.2 cm³/mol. The summed E-state index contributed by atoms with van der Waals surface area (Å²) in [5, 5.41) is 0. The first-order chi connectivity index (χ1) is 1.73. The zero-order chi connectivity index (χ0) is 3.58. The van der Waals surface area contributed by atoms with Crippen molar-refractivity contribution in [3.8, 4) is 0 Å². The van der Waals surface area contributed by atoms with Gasteiger partial charge in [-0.05, 0) is 21.1 Å². The van der Waals surface area contributed by atoms with E-state index in [1.54, 1.807) is 0 Å². The lowest BCUT2D eigenvalue weighted by molar-refractivity contribution is 0.505. The molecule has 0 rings (SSSR count). The summed E-state index contributed by atoms with van der Waals surface area (Å²) in [6.45, 7) is 0. The van der Waals surface area contributed by atoms with Crippen LogP contribution in [0.2, 0.25) is 0 Å². The molecule has 34 valence electrons. The molecule has 0 aliphatic heterocycles. The van der Waals surface area contributed by atoms with Gasteiger partial charge in [0.2, 0.25) is 0 Å². The van der Waals surface area contributed by atoms with Gasteiger partial charge in [-0.15, -0.1) is 0 Å². The molecule has 5 heavy (non-hydrogen) atoms. The van der Waals surface area contributed by atoms with E-state index in [1.165, 1.54) is 0 Å². The average molecular weight is 77.1 g/mol. The van der Waals surface area contributed by atoms with Crippen LogP contribution in [0.4, 0.5) is 0 Å². The molecule has 2 N–H and O–H groups in total. The average Bonchev–Trinajstić information content (AvgIpc) is 0.811. The minimum absolute atomic E-state index is 0. The maximum absolute atomic E-state index is 2.00. The molecule has 0 bridgehead atoms. The summed E-state index contributed by atoms with van der Waals surface area (Å²) >= 11 is 0. The van der Waals surface area contributed by atoms with Crippen molar-refractivity contribution in [3.63, 3.8) is 0 Å². The van der Waals surface area contributed by atoms with Crippen LogP contribution in [0.3, 0.4) is 0 Å². The molecule has 0 fully saturated rings. The zero-order valence-corrected chi connectivity index (χ0v) is 3.95. The van der Waals surface area contributed by atoms with Gasteiger partial charge in [-0.25, -0.2) is 0 Å². The van der Waals surface area contributed by atoms with Gasteiger partial charge in [0.15, 0.2) is 0 Å². The minimum Gasteiger partial charge on any atom is -0.412 e. The Balaban J connectivity index is 0. The number of rotatable bonds is 0. The second-order valence-electron chi connectivity index (χ2n) is 1.34. The Labute approximate surface area is 32.7 Å². The fourth-order valence-corrected chi connectivity index (χ4v) is 0. The highest BCUT2D eigenvalue weighted by molar-refractivity contribution is 4.09. The van der Waals surface area contributed by atoms with Gasteiger partial charge in [0.05, 0.1) is 0 Å². The largest absolute Gasteiger partial charge is 0.412 e. The normalized spacial score (nSPS) is 7.20. The quantitative estimate of drug-likeness (QED) is 0.378. The van der Waals surface area contributed by atoms with Crippen LogP contribution in [0.15, 0.2) is 0 Å². The number of nitrogens with zero attached hydrogens (tertiary/aromatic N) is 1. The minimum atomic E-state index is 0. The molecule has 0 saturated heterocycles. The summed E-state index contributed by atoms with van der Waals surface area (Å²) in [4.78, 5) is 2.00. The van der Waals surface area contributed by atoms with E-state index in [-0.39, 0.29) is 5.48 Å². The van der Waals surface area contributed by atoms with Gasteiger partial charge >= 0.3 is 0 Å². The van der Waals surface area contributed by atoms with Crippen molar-refractivity contribution < 1.29 is 5.48 Å². The second-order valence-corrected chi connectivity index (χ2v) is 1.34. The molecule has 2 heteroatoms. The fraction of sp³-hybridized carbons (Fsp3) is 1.00. The Morgan fingerprint density at radius 3 is 1.00 bits per heavy atom. The lowest BCUT2D eigenvalue weighted by Crippen LogP contribution is -1.99. The molecular formula is C3H11NO. The van der Waals surface area contributed by atoms with Crippen molar-refractivity contribution in [2.24, 2.45) is 0 Å². The highest BCUT2D eigenvalue weighted by atomic mass is 16.0. The first-order valence-corrected chi connectivity index (χ1v) is 1.34. The van der Waals surface area contributed by atoms with Crippen LogP contribution in [0.1, 0.15) is 0 Å². The van der Waals surface area contributed by atoms with Gasteiger partial charge in [0.1, 0.15) is 0 Å². The van der Waals surface area contributed by atoms with Crippen molar-refractivity contribution >= 4 is 0 Å². The fourth-order valence-electron chi connectivity index (χ4n) is 0. The molecule has 0 atom stereocenters. The maximum Gasteiger partial charge on any atom is -0.0140 e. The Morgan fingerprint density at radius 1 is 1.00 bits per heavy atom. The number of hydrogen-bond acceptors (Lipinski definition) is 1. The van der Waals surface area contributed by atoms with Gasteiger partial charge in [0.25, 0.3) is 0 Å². The third-order valence-electron chi connectivity index (χ3n) is 0. The van der Waals surface area contributed by atoms with E-state index in [0.29, 0.717) is 0 Å². The lowest BCUT2D eigenvalue weighted by Gasteiger charge is -1.90. The van der Waals surface area contributed by atoms with Crippen molar-refractivity contribution in [2.75, 3.05) is 21.1 Å². The molecule has 0 aromatic carbocycles. The summed E-state index contributed by atoms with van der Waals surface area (Å²) in [5.41, 5.74) is 0. The Morgan fingerprint density at radius 2 is 1.00 bits per heavy atom. The molecule has 0 amide bonds. The van der Waals surface area contributed by atoms with Crippen LogP contribution < -0.4 is 0 Å². The van der Waals surface area contributed by atoms with E-state index in [1.807, 2.05) is 26.0 Å². The summed E-state index contributed by atoms with van der Waals surface area (Å²) < 4.78 is 0. The standard InChI is InChI=1S/C3H9N.H2O/c1-4(2)3;/h1-3H3;1H2. The topological polar surface area (TPSA) is 34.7 Å². The van der Waals surface area contributed by atoms with Gasteiger partial charge in [-0.3, -0.25) is 0 Å². The molecule has 0 saturated carbocycles. The predicted octanol–water partition coefficient (Wildman–Crippen LogP) is -0.647. The highest BCUT2D eigenvalue weighted by Gasteiger charge is 1.58. The summed E-state index contributed by atoms with van der Waals surface area (Å²) in [6.07, 6.45) is 0. The third kappa shape index (κ3) is 2260. The van der Waals surface area contributed by atoms with Crippen LogP contribution in [0.5, 0.6) is 0 Å². The molecule has 0 radical (unpaired) electrons. The van der Waals surface area contributed by atoms with Gasteiger partial charge < -0.3 is 10.4 Å². The van der Waals surface area contributed by atoms with Crippen LogP contribution in [0.25, 0.3) is 0 Å². The Kier molecular flexibility index (Phi) is 6.95. The molecule has 2 nitrogen and oxygen atoms in total. The smallest absolute Gasteiger partial charge is 0.0140 e. The third-order valence-corrected chi connectivity index (χ3v) is 0. The van der Waals surface area contributed by atoms with Crippen molar-refractivity contribution in [2.45, 2.75) is 0 Å². The molecule has 0 aromatic rings.